The van der Waals surface area contributed by atoms with Crippen LogP contribution in [0.5, 0.6) is 0 Å². The molecule has 1 aromatic carbocycles. The molecular formula is C20H28N4O2S2. The maximum absolute atomic E-state index is 12.9. The van der Waals surface area contributed by atoms with Gasteiger partial charge in [-0.1, -0.05) is 49.1 Å². The Labute approximate surface area is 171 Å². The third-order valence-electron chi connectivity index (χ3n) is 5.78. The number of nitrogens with zero attached hydrogens (tertiary/aromatic N) is 4. The van der Waals surface area contributed by atoms with Gasteiger partial charge >= 0.3 is 0 Å². The van der Waals surface area contributed by atoms with Gasteiger partial charge in [-0.15, -0.1) is 0 Å². The Hall–Kier alpha value is -1.51. The molecular weight excluding hydrogens is 392 g/mol. The van der Waals surface area contributed by atoms with E-state index in [1.165, 1.54) is 29.1 Å². The Balaban J connectivity index is 1.35. The van der Waals surface area contributed by atoms with Crippen LogP contribution in [0.25, 0.3) is 0 Å². The van der Waals surface area contributed by atoms with E-state index in [4.69, 9.17) is 4.98 Å². The average molecular weight is 421 g/mol. The predicted octanol–water partition coefficient (Wildman–Crippen LogP) is 3.22. The fourth-order valence-corrected chi connectivity index (χ4v) is 6.80. The molecule has 1 saturated heterocycles. The summed E-state index contributed by atoms with van der Waals surface area (Å²) in [5.74, 6) is 0.834. The van der Waals surface area contributed by atoms with Crippen molar-refractivity contribution in [1.29, 1.82) is 0 Å². The van der Waals surface area contributed by atoms with Crippen LogP contribution in [-0.2, 0) is 16.4 Å². The van der Waals surface area contributed by atoms with Crippen LogP contribution in [0.3, 0.4) is 0 Å². The van der Waals surface area contributed by atoms with Crippen LogP contribution in [0.15, 0.2) is 24.3 Å². The Kier molecular flexibility index (Phi) is 5.99. The molecule has 0 unspecified atom stereocenters. The van der Waals surface area contributed by atoms with Crippen molar-refractivity contribution in [2.45, 2.75) is 50.7 Å². The van der Waals surface area contributed by atoms with E-state index in [1.807, 2.05) is 0 Å². The second-order valence-corrected chi connectivity index (χ2v) is 10.8. The molecule has 0 spiro atoms. The van der Waals surface area contributed by atoms with Crippen LogP contribution in [0.4, 0.5) is 5.13 Å². The number of aromatic nitrogens is 2. The third-order valence-corrected chi connectivity index (χ3v) is 9.00. The molecule has 0 amide bonds. The van der Waals surface area contributed by atoms with Crippen LogP contribution in [0, 0.1) is 6.92 Å². The zero-order chi connectivity index (χ0) is 19.6. The van der Waals surface area contributed by atoms with E-state index in [0.29, 0.717) is 26.2 Å². The fourth-order valence-electron chi connectivity index (χ4n) is 4.04. The SMILES string of the molecule is Cc1ccc(Cc2nsc(N3CCN(S(=O)(=O)C4CCCCC4)CC3)n2)cc1. The van der Waals surface area contributed by atoms with Crippen molar-refractivity contribution in [3.8, 4) is 0 Å². The van der Waals surface area contributed by atoms with Crippen LogP contribution < -0.4 is 4.90 Å². The normalized spacial score (nSPS) is 19.8. The van der Waals surface area contributed by atoms with Gasteiger partial charge in [-0.25, -0.2) is 13.4 Å². The average Bonchev–Trinajstić information content (AvgIpc) is 3.19. The highest BCUT2D eigenvalue weighted by Gasteiger charge is 2.35. The number of anilines is 1. The maximum Gasteiger partial charge on any atom is 0.217 e. The second-order valence-electron chi connectivity index (χ2n) is 7.85. The third kappa shape index (κ3) is 4.39. The fraction of sp³-hybridized carbons (Fsp3) is 0.600. The summed E-state index contributed by atoms with van der Waals surface area (Å²) in [5, 5.41) is 0.729. The van der Waals surface area contributed by atoms with Crippen molar-refractivity contribution in [3.05, 3.63) is 41.2 Å². The van der Waals surface area contributed by atoms with E-state index < -0.39 is 10.0 Å². The Bertz CT molecular complexity index is 881. The molecule has 1 aliphatic carbocycles. The van der Waals surface area contributed by atoms with Crippen LogP contribution >= 0.6 is 11.5 Å². The number of sulfonamides is 1. The lowest BCUT2D eigenvalue weighted by Gasteiger charge is -2.36. The summed E-state index contributed by atoms with van der Waals surface area (Å²) in [6.07, 6.45) is 5.62. The van der Waals surface area contributed by atoms with Gasteiger partial charge in [0.2, 0.25) is 15.2 Å². The first kappa shape index (κ1) is 19.8. The zero-order valence-corrected chi connectivity index (χ0v) is 18.0. The Morgan fingerprint density at radius 2 is 1.71 bits per heavy atom. The highest BCUT2D eigenvalue weighted by molar-refractivity contribution is 7.89. The molecule has 0 radical (unpaired) electrons. The van der Waals surface area contributed by atoms with E-state index in [-0.39, 0.29) is 5.25 Å². The number of piperazine rings is 1. The van der Waals surface area contributed by atoms with Crippen molar-refractivity contribution in [3.63, 3.8) is 0 Å². The van der Waals surface area contributed by atoms with E-state index in [2.05, 4.69) is 40.5 Å². The molecule has 2 fully saturated rings. The molecule has 1 aromatic heterocycles. The first-order valence-electron chi connectivity index (χ1n) is 10.1. The molecule has 2 heterocycles. The van der Waals surface area contributed by atoms with Gasteiger partial charge in [0.05, 0.1) is 5.25 Å². The Morgan fingerprint density at radius 3 is 2.39 bits per heavy atom. The van der Waals surface area contributed by atoms with Crippen molar-refractivity contribution in [2.24, 2.45) is 0 Å². The van der Waals surface area contributed by atoms with E-state index in [9.17, 15) is 8.42 Å². The minimum absolute atomic E-state index is 0.171. The highest BCUT2D eigenvalue weighted by Crippen LogP contribution is 2.28. The minimum Gasteiger partial charge on any atom is -0.344 e. The molecule has 2 aromatic rings. The summed E-state index contributed by atoms with van der Waals surface area (Å²) < 4.78 is 32.0. The molecule has 8 heteroatoms. The van der Waals surface area contributed by atoms with E-state index >= 15 is 0 Å². The molecule has 1 aliphatic heterocycles. The molecule has 152 valence electrons. The molecule has 28 heavy (non-hydrogen) atoms. The largest absolute Gasteiger partial charge is 0.344 e. The standard InChI is InChI=1S/C20H28N4O2S2/c1-16-7-9-17(10-8-16)15-19-21-20(27-22-19)23-11-13-24(14-12-23)28(25,26)18-5-3-2-4-6-18/h7-10,18H,2-6,11-15H2,1H3. The van der Waals surface area contributed by atoms with E-state index in [1.54, 1.807) is 4.31 Å². The lowest BCUT2D eigenvalue weighted by Crippen LogP contribution is -2.51. The molecule has 4 rings (SSSR count). The van der Waals surface area contributed by atoms with E-state index in [0.717, 1.165) is 43.1 Å². The molecule has 0 atom stereocenters. The van der Waals surface area contributed by atoms with Crippen molar-refractivity contribution in [1.82, 2.24) is 13.7 Å². The molecule has 6 nitrogen and oxygen atoms in total. The van der Waals surface area contributed by atoms with Crippen LogP contribution in [0.2, 0.25) is 0 Å². The molecule has 2 aliphatic rings. The van der Waals surface area contributed by atoms with Crippen molar-refractivity contribution in [2.75, 3.05) is 31.1 Å². The molecule has 0 N–H and O–H groups in total. The second kappa shape index (κ2) is 8.47. The molecule has 1 saturated carbocycles. The lowest BCUT2D eigenvalue weighted by atomic mass is 10.0. The number of aryl methyl sites for hydroxylation is 1. The van der Waals surface area contributed by atoms with Crippen molar-refractivity contribution < 1.29 is 8.42 Å². The van der Waals surface area contributed by atoms with Gasteiger partial charge in [0.25, 0.3) is 0 Å². The topological polar surface area (TPSA) is 66.4 Å². The summed E-state index contributed by atoms with van der Waals surface area (Å²) in [7, 11) is -3.16. The van der Waals surface area contributed by atoms with Gasteiger partial charge in [0.15, 0.2) is 0 Å². The van der Waals surface area contributed by atoms with Crippen molar-refractivity contribution >= 4 is 26.7 Å². The van der Waals surface area contributed by atoms with Gasteiger partial charge in [-0.05, 0) is 25.3 Å². The first-order chi connectivity index (χ1) is 13.5. The number of benzene rings is 1. The zero-order valence-electron chi connectivity index (χ0n) is 16.4. The summed E-state index contributed by atoms with van der Waals surface area (Å²) >= 11 is 1.41. The smallest absolute Gasteiger partial charge is 0.217 e. The van der Waals surface area contributed by atoms with Gasteiger partial charge in [-0.3, -0.25) is 0 Å². The number of hydrogen-bond donors (Lipinski definition) is 0. The number of hydrogen-bond acceptors (Lipinski definition) is 6. The first-order valence-corrected chi connectivity index (χ1v) is 12.4. The maximum atomic E-state index is 12.9. The summed E-state index contributed by atoms with van der Waals surface area (Å²) in [5.41, 5.74) is 2.45. The lowest BCUT2D eigenvalue weighted by molar-refractivity contribution is 0.367. The van der Waals surface area contributed by atoms with Crippen LogP contribution in [-0.4, -0.2) is 53.5 Å². The van der Waals surface area contributed by atoms with Gasteiger partial charge in [0, 0.05) is 44.1 Å². The minimum atomic E-state index is -3.16. The number of rotatable bonds is 5. The van der Waals surface area contributed by atoms with Gasteiger partial charge < -0.3 is 4.90 Å². The van der Waals surface area contributed by atoms with Gasteiger partial charge in [0.1, 0.15) is 5.82 Å². The summed E-state index contributed by atoms with van der Waals surface area (Å²) in [4.78, 5) is 6.86. The summed E-state index contributed by atoms with van der Waals surface area (Å²) in [6.45, 7) is 4.55. The Morgan fingerprint density at radius 1 is 1.04 bits per heavy atom. The van der Waals surface area contributed by atoms with Crippen LogP contribution in [0.1, 0.15) is 49.1 Å². The summed E-state index contributed by atoms with van der Waals surface area (Å²) in [6, 6.07) is 8.44. The van der Waals surface area contributed by atoms with Gasteiger partial charge in [-0.2, -0.15) is 8.68 Å². The monoisotopic (exact) mass is 420 g/mol. The predicted molar refractivity (Wildman–Crippen MR) is 113 cm³/mol. The molecule has 0 bridgehead atoms. The quantitative estimate of drug-likeness (QED) is 0.743. The highest BCUT2D eigenvalue weighted by atomic mass is 32.2.